The highest BCUT2D eigenvalue weighted by Crippen LogP contribution is 2.29. The Balaban J connectivity index is 0.00000288. The second-order valence-corrected chi connectivity index (χ2v) is 5.39. The number of aryl methyl sites for hydroxylation is 1. The van der Waals surface area contributed by atoms with Gasteiger partial charge in [0, 0.05) is 6.04 Å². The molecular formula is C17H18ClF4NO. The van der Waals surface area contributed by atoms with E-state index in [1.54, 1.807) is 0 Å². The zero-order chi connectivity index (χ0) is 17.0. The minimum atomic E-state index is -4.35. The van der Waals surface area contributed by atoms with Crippen LogP contribution in [0, 0.1) is 5.82 Å². The maximum atomic E-state index is 12.8. The molecule has 0 aliphatic carbocycles. The Morgan fingerprint density at radius 2 is 1.50 bits per heavy atom. The predicted molar refractivity (Wildman–Crippen MR) is 86.3 cm³/mol. The SMILES string of the molecule is Cl.NC(CCc1ccc(C(F)(F)F)cc1)C(O)c1ccc(F)cc1. The van der Waals surface area contributed by atoms with Gasteiger partial charge in [0.2, 0.25) is 0 Å². The number of rotatable bonds is 5. The van der Waals surface area contributed by atoms with Crippen LogP contribution in [0.1, 0.15) is 29.2 Å². The molecule has 2 nitrogen and oxygen atoms in total. The molecule has 0 amide bonds. The van der Waals surface area contributed by atoms with Crippen molar-refractivity contribution in [3.05, 3.63) is 71.0 Å². The van der Waals surface area contributed by atoms with E-state index in [1.165, 1.54) is 36.4 Å². The minimum Gasteiger partial charge on any atom is -0.387 e. The Hall–Kier alpha value is -1.63. The van der Waals surface area contributed by atoms with Gasteiger partial charge in [-0.25, -0.2) is 4.39 Å². The van der Waals surface area contributed by atoms with E-state index in [1.807, 2.05) is 0 Å². The third kappa shape index (κ3) is 5.47. The van der Waals surface area contributed by atoms with Crippen molar-refractivity contribution >= 4 is 12.4 Å². The lowest BCUT2D eigenvalue weighted by atomic mass is 9.96. The standard InChI is InChI=1S/C17H17F4NO.ClH/c18-14-8-4-12(5-9-14)16(23)15(22)10-3-11-1-6-13(7-2-11)17(19,20)21;/h1-2,4-9,15-16,23H,3,10,22H2;1H. The molecule has 0 spiro atoms. The fourth-order valence-corrected chi connectivity index (χ4v) is 2.26. The summed E-state index contributed by atoms with van der Waals surface area (Å²) in [7, 11) is 0. The Kier molecular flexibility index (Phi) is 7.20. The Bertz CT molecular complexity index is 629. The Morgan fingerprint density at radius 1 is 0.958 bits per heavy atom. The molecule has 0 heterocycles. The van der Waals surface area contributed by atoms with Gasteiger partial charge < -0.3 is 10.8 Å². The molecule has 0 fully saturated rings. The first-order valence-electron chi connectivity index (χ1n) is 7.12. The average Bonchev–Trinajstić information content (AvgIpc) is 2.52. The number of aliphatic hydroxyl groups excluding tert-OH is 1. The van der Waals surface area contributed by atoms with Gasteiger partial charge >= 0.3 is 6.18 Å². The van der Waals surface area contributed by atoms with Crippen molar-refractivity contribution in [2.45, 2.75) is 31.2 Å². The first kappa shape index (κ1) is 20.4. The van der Waals surface area contributed by atoms with E-state index in [-0.39, 0.29) is 12.4 Å². The summed E-state index contributed by atoms with van der Waals surface area (Å²) in [6, 6.07) is 9.65. The number of aliphatic hydroxyl groups is 1. The summed E-state index contributed by atoms with van der Waals surface area (Å²) in [5.74, 6) is -0.403. The maximum Gasteiger partial charge on any atom is 0.416 e. The van der Waals surface area contributed by atoms with E-state index in [0.29, 0.717) is 24.0 Å². The van der Waals surface area contributed by atoms with Crippen molar-refractivity contribution in [1.29, 1.82) is 0 Å². The summed E-state index contributed by atoms with van der Waals surface area (Å²) in [5.41, 5.74) is 6.43. The number of alkyl halides is 3. The van der Waals surface area contributed by atoms with Crippen LogP contribution in [0.25, 0.3) is 0 Å². The van der Waals surface area contributed by atoms with E-state index < -0.39 is 29.7 Å². The monoisotopic (exact) mass is 363 g/mol. The quantitative estimate of drug-likeness (QED) is 0.780. The van der Waals surface area contributed by atoms with Gasteiger partial charge in [0.15, 0.2) is 0 Å². The highest BCUT2D eigenvalue weighted by Gasteiger charge is 2.29. The number of hydrogen-bond donors (Lipinski definition) is 2. The van der Waals surface area contributed by atoms with Crippen molar-refractivity contribution in [2.75, 3.05) is 0 Å². The second kappa shape index (κ2) is 8.46. The van der Waals surface area contributed by atoms with Gasteiger partial charge in [0.05, 0.1) is 11.7 Å². The van der Waals surface area contributed by atoms with Crippen molar-refractivity contribution in [2.24, 2.45) is 5.73 Å². The molecule has 2 aromatic rings. The minimum absolute atomic E-state index is 0. The van der Waals surface area contributed by atoms with Crippen molar-refractivity contribution in [3.63, 3.8) is 0 Å². The van der Waals surface area contributed by atoms with Crippen LogP contribution in [0.4, 0.5) is 17.6 Å². The average molecular weight is 364 g/mol. The lowest BCUT2D eigenvalue weighted by molar-refractivity contribution is -0.137. The molecule has 2 unspecified atom stereocenters. The van der Waals surface area contributed by atoms with Crippen LogP contribution < -0.4 is 5.73 Å². The Morgan fingerprint density at radius 3 is 2.00 bits per heavy atom. The summed E-state index contributed by atoms with van der Waals surface area (Å²) in [5, 5.41) is 10.1. The molecule has 0 bridgehead atoms. The molecule has 0 aliphatic rings. The van der Waals surface area contributed by atoms with Crippen LogP contribution in [0.3, 0.4) is 0 Å². The van der Waals surface area contributed by atoms with Crippen LogP contribution >= 0.6 is 12.4 Å². The number of nitrogens with two attached hydrogens (primary N) is 1. The van der Waals surface area contributed by atoms with E-state index in [4.69, 9.17) is 5.73 Å². The molecule has 3 N–H and O–H groups in total. The molecular weight excluding hydrogens is 346 g/mol. The smallest absolute Gasteiger partial charge is 0.387 e. The van der Waals surface area contributed by atoms with Gasteiger partial charge in [-0.1, -0.05) is 24.3 Å². The topological polar surface area (TPSA) is 46.2 Å². The fourth-order valence-electron chi connectivity index (χ4n) is 2.26. The maximum absolute atomic E-state index is 12.8. The van der Waals surface area contributed by atoms with E-state index in [9.17, 15) is 22.7 Å². The largest absolute Gasteiger partial charge is 0.416 e. The fraction of sp³-hybridized carbons (Fsp3) is 0.294. The summed E-state index contributed by atoms with van der Waals surface area (Å²) in [4.78, 5) is 0. The van der Waals surface area contributed by atoms with Crippen LogP contribution in [-0.2, 0) is 12.6 Å². The molecule has 24 heavy (non-hydrogen) atoms. The van der Waals surface area contributed by atoms with Gasteiger partial charge in [0.1, 0.15) is 5.82 Å². The number of benzene rings is 2. The van der Waals surface area contributed by atoms with Gasteiger partial charge in [-0.3, -0.25) is 0 Å². The van der Waals surface area contributed by atoms with Gasteiger partial charge in [0.25, 0.3) is 0 Å². The first-order chi connectivity index (χ1) is 10.8. The van der Waals surface area contributed by atoms with Crippen LogP contribution in [0.15, 0.2) is 48.5 Å². The van der Waals surface area contributed by atoms with Gasteiger partial charge in [-0.05, 0) is 48.2 Å². The molecule has 0 aromatic heterocycles. The molecule has 0 aliphatic heterocycles. The summed E-state index contributed by atoms with van der Waals surface area (Å²) in [6.45, 7) is 0. The molecule has 2 atom stereocenters. The highest BCUT2D eigenvalue weighted by molar-refractivity contribution is 5.85. The third-order valence-electron chi connectivity index (χ3n) is 3.66. The zero-order valence-corrected chi connectivity index (χ0v) is 13.4. The van der Waals surface area contributed by atoms with Crippen LogP contribution in [0.2, 0.25) is 0 Å². The molecule has 2 rings (SSSR count). The normalized spacial score (nSPS) is 13.9. The van der Waals surface area contributed by atoms with E-state index in [0.717, 1.165) is 12.1 Å². The van der Waals surface area contributed by atoms with E-state index in [2.05, 4.69) is 0 Å². The summed E-state index contributed by atoms with van der Waals surface area (Å²) < 4.78 is 50.3. The van der Waals surface area contributed by atoms with Crippen LogP contribution in [-0.4, -0.2) is 11.1 Å². The van der Waals surface area contributed by atoms with E-state index >= 15 is 0 Å². The third-order valence-corrected chi connectivity index (χ3v) is 3.66. The predicted octanol–water partition coefficient (Wildman–Crippen LogP) is 4.26. The lowest BCUT2D eigenvalue weighted by Crippen LogP contribution is -2.29. The van der Waals surface area contributed by atoms with Gasteiger partial charge in [-0.15, -0.1) is 12.4 Å². The van der Waals surface area contributed by atoms with Crippen LogP contribution in [0.5, 0.6) is 0 Å². The van der Waals surface area contributed by atoms with Crippen molar-refractivity contribution < 1.29 is 22.7 Å². The molecule has 0 saturated carbocycles. The number of halogens is 5. The zero-order valence-electron chi connectivity index (χ0n) is 12.6. The van der Waals surface area contributed by atoms with Crippen molar-refractivity contribution in [3.8, 4) is 0 Å². The summed E-state index contributed by atoms with van der Waals surface area (Å²) >= 11 is 0. The highest BCUT2D eigenvalue weighted by atomic mass is 35.5. The molecule has 0 saturated heterocycles. The Labute approximate surface area is 143 Å². The lowest BCUT2D eigenvalue weighted by Gasteiger charge is -2.19. The summed E-state index contributed by atoms with van der Waals surface area (Å²) in [6.07, 6.45) is -4.47. The molecule has 0 radical (unpaired) electrons. The molecule has 2 aromatic carbocycles. The van der Waals surface area contributed by atoms with Gasteiger partial charge in [-0.2, -0.15) is 13.2 Å². The first-order valence-corrected chi connectivity index (χ1v) is 7.12. The van der Waals surface area contributed by atoms with Crippen molar-refractivity contribution in [1.82, 2.24) is 0 Å². The second-order valence-electron chi connectivity index (χ2n) is 5.39. The molecule has 7 heteroatoms. The number of hydrogen-bond acceptors (Lipinski definition) is 2. The molecule has 132 valence electrons.